The Hall–Kier alpha value is -4.40. The summed E-state index contributed by atoms with van der Waals surface area (Å²) in [7, 11) is -3.86. The second kappa shape index (κ2) is 12.2. The Morgan fingerprint density at radius 1 is 0.405 bits per heavy atom. The molecule has 0 aliphatic carbocycles. The van der Waals surface area contributed by atoms with Gasteiger partial charge in [-0.25, -0.2) is 16.8 Å². The fourth-order valence-electron chi connectivity index (χ4n) is 4.61. The molecule has 0 saturated carbocycles. The lowest BCUT2D eigenvalue weighted by Crippen LogP contribution is -2.05. The molecule has 0 aliphatic heterocycles. The molecule has 0 fully saturated rings. The van der Waals surface area contributed by atoms with Crippen molar-refractivity contribution in [3.05, 3.63) is 132 Å². The van der Waals surface area contributed by atoms with Crippen LogP contribution in [0.1, 0.15) is 11.1 Å². The molecule has 0 aliphatic rings. The maximum atomic E-state index is 12.9. The quantitative estimate of drug-likeness (QED) is 0.172. The number of hydrogen-bond donors (Lipinski definition) is 0. The molecule has 214 valence electrons. The van der Waals surface area contributed by atoms with Gasteiger partial charge >= 0.3 is 0 Å². The summed E-state index contributed by atoms with van der Waals surface area (Å²) < 4.78 is 62.0. The van der Waals surface area contributed by atoms with E-state index in [0.717, 1.165) is 22.3 Å². The highest BCUT2D eigenvalue weighted by atomic mass is 32.2. The minimum Gasteiger partial charge on any atom is -0.497 e. The summed E-state index contributed by atoms with van der Waals surface area (Å²) in [5.74, 6) is 1.17. The highest BCUT2D eigenvalue weighted by Crippen LogP contribution is 2.28. The van der Waals surface area contributed by atoms with Crippen LogP contribution < -0.4 is 9.47 Å². The minimum atomic E-state index is -3.50. The first-order valence-electron chi connectivity index (χ1n) is 13.2. The highest BCUT2D eigenvalue weighted by molar-refractivity contribution is 7.91. The molecule has 0 heterocycles. The Balaban J connectivity index is 1.26. The minimum absolute atomic E-state index is 0.0907. The lowest BCUT2D eigenvalue weighted by atomic mass is 10.0. The lowest BCUT2D eigenvalue weighted by Gasteiger charge is -2.09. The Bertz CT molecular complexity index is 1720. The van der Waals surface area contributed by atoms with Gasteiger partial charge in [-0.2, -0.15) is 0 Å². The van der Waals surface area contributed by atoms with Crippen molar-refractivity contribution in [2.45, 2.75) is 21.3 Å². The van der Waals surface area contributed by atoms with Crippen LogP contribution in [0.5, 0.6) is 11.5 Å². The predicted molar refractivity (Wildman–Crippen MR) is 165 cm³/mol. The van der Waals surface area contributed by atoms with E-state index in [1.807, 2.05) is 24.3 Å². The number of sulfone groups is 2. The Morgan fingerprint density at radius 2 is 0.667 bits per heavy atom. The zero-order valence-corrected chi connectivity index (χ0v) is 24.9. The molecule has 0 aromatic heterocycles. The monoisotopic (exact) mass is 598 g/mol. The third-order valence-corrected chi connectivity index (χ3v) is 10.4. The smallest absolute Gasteiger partial charge is 0.182 e. The van der Waals surface area contributed by atoms with Crippen molar-refractivity contribution >= 4 is 19.7 Å². The highest BCUT2D eigenvalue weighted by Gasteiger charge is 2.17. The van der Waals surface area contributed by atoms with Crippen LogP contribution in [-0.4, -0.2) is 31.1 Å². The topological polar surface area (TPSA) is 86.7 Å². The molecule has 0 radical (unpaired) electrons. The zero-order valence-electron chi connectivity index (χ0n) is 23.2. The third kappa shape index (κ3) is 6.73. The Kier molecular flexibility index (Phi) is 8.47. The summed E-state index contributed by atoms with van der Waals surface area (Å²) in [5.41, 5.74) is 5.06. The zero-order chi connectivity index (χ0) is 29.7. The van der Waals surface area contributed by atoms with Gasteiger partial charge in [-0.05, 0) is 81.9 Å². The summed E-state index contributed by atoms with van der Waals surface area (Å²) in [4.78, 5) is 0.529. The van der Waals surface area contributed by atoms with Crippen molar-refractivity contribution in [3.63, 3.8) is 0 Å². The van der Waals surface area contributed by atoms with Gasteiger partial charge in [0.25, 0.3) is 0 Å². The molecule has 0 spiro atoms. The van der Waals surface area contributed by atoms with Gasteiger partial charge in [0.2, 0.25) is 0 Å². The first kappa shape index (κ1) is 29.1. The number of ether oxygens (including phenoxy) is 2. The predicted octanol–water partition coefficient (Wildman–Crippen LogP) is 6.99. The molecule has 0 N–H and O–H groups in total. The Morgan fingerprint density at radius 3 is 0.929 bits per heavy atom. The van der Waals surface area contributed by atoms with Crippen LogP contribution >= 0.6 is 0 Å². The van der Waals surface area contributed by atoms with Gasteiger partial charge in [-0.3, -0.25) is 0 Å². The van der Waals surface area contributed by atoms with Crippen molar-refractivity contribution in [1.82, 2.24) is 0 Å². The molecule has 6 nitrogen and oxygen atoms in total. The molecule has 0 amide bonds. The van der Waals surface area contributed by atoms with Crippen LogP contribution in [0.3, 0.4) is 0 Å². The molecule has 8 heteroatoms. The van der Waals surface area contributed by atoms with E-state index < -0.39 is 19.7 Å². The van der Waals surface area contributed by atoms with E-state index in [2.05, 4.69) is 0 Å². The van der Waals surface area contributed by atoms with Crippen molar-refractivity contribution in [1.29, 1.82) is 0 Å². The van der Waals surface area contributed by atoms with E-state index in [4.69, 9.17) is 9.47 Å². The standard InChI is InChI=1S/C34H30O6S2/c1-39-31-15-3-25(4-16-31)23-41(35,36)33-19-11-29(12-20-33)27-7-9-28(10-8-27)30-13-21-34(22-14-30)42(37,38)24-26-5-17-32(40-2)18-6-26/h3-22H,23-24H2,1-2H3. The van der Waals surface area contributed by atoms with Gasteiger partial charge in [0, 0.05) is 0 Å². The molecule has 5 rings (SSSR count). The van der Waals surface area contributed by atoms with E-state index in [1.165, 1.54) is 0 Å². The fraction of sp³-hybridized carbons (Fsp3) is 0.118. The van der Waals surface area contributed by atoms with Gasteiger partial charge in [-0.15, -0.1) is 0 Å². The van der Waals surface area contributed by atoms with E-state index in [-0.39, 0.29) is 21.3 Å². The van der Waals surface area contributed by atoms with Crippen molar-refractivity contribution in [2.75, 3.05) is 14.2 Å². The van der Waals surface area contributed by atoms with Crippen LogP contribution in [0, 0.1) is 0 Å². The molecular formula is C34H30O6S2. The van der Waals surface area contributed by atoms with Crippen LogP contribution in [-0.2, 0) is 31.2 Å². The average Bonchev–Trinajstić information content (AvgIpc) is 3.02. The third-order valence-electron chi connectivity index (χ3n) is 7.01. The Labute approximate surface area is 247 Å². The number of methoxy groups -OCH3 is 2. The summed E-state index contributed by atoms with van der Waals surface area (Å²) in [6.07, 6.45) is 0. The summed E-state index contributed by atoms with van der Waals surface area (Å²) in [6.45, 7) is 0. The van der Waals surface area contributed by atoms with E-state index in [1.54, 1.807) is 111 Å². The van der Waals surface area contributed by atoms with Gasteiger partial charge in [0.15, 0.2) is 19.7 Å². The molecule has 5 aromatic rings. The van der Waals surface area contributed by atoms with Crippen molar-refractivity contribution in [3.8, 4) is 33.8 Å². The largest absolute Gasteiger partial charge is 0.497 e. The van der Waals surface area contributed by atoms with Gasteiger partial charge in [0.1, 0.15) is 11.5 Å². The molecule has 42 heavy (non-hydrogen) atoms. The van der Waals surface area contributed by atoms with Crippen LogP contribution in [0.2, 0.25) is 0 Å². The SMILES string of the molecule is COc1ccc(CS(=O)(=O)c2ccc(-c3ccc(-c4ccc(S(=O)(=O)Cc5ccc(OC)cc5)cc4)cc3)cc2)cc1. The number of benzene rings is 5. The molecule has 0 bridgehead atoms. The van der Waals surface area contributed by atoms with Crippen molar-refractivity contribution < 1.29 is 26.3 Å². The van der Waals surface area contributed by atoms with Gasteiger partial charge in [0.05, 0.1) is 35.5 Å². The summed E-state index contributed by atoms with van der Waals surface area (Å²) in [6, 6.07) is 35.6. The summed E-state index contributed by atoms with van der Waals surface area (Å²) >= 11 is 0. The van der Waals surface area contributed by atoms with Gasteiger partial charge in [-0.1, -0.05) is 72.8 Å². The normalized spacial score (nSPS) is 11.7. The van der Waals surface area contributed by atoms with Crippen molar-refractivity contribution in [2.24, 2.45) is 0 Å². The molecule has 0 atom stereocenters. The van der Waals surface area contributed by atoms with Gasteiger partial charge < -0.3 is 9.47 Å². The number of hydrogen-bond acceptors (Lipinski definition) is 6. The van der Waals surface area contributed by atoms with Crippen LogP contribution in [0.25, 0.3) is 22.3 Å². The van der Waals surface area contributed by atoms with E-state index in [9.17, 15) is 16.8 Å². The van der Waals surface area contributed by atoms with E-state index >= 15 is 0 Å². The molecule has 0 saturated heterocycles. The summed E-state index contributed by atoms with van der Waals surface area (Å²) in [5, 5.41) is 0. The first-order valence-corrected chi connectivity index (χ1v) is 16.5. The first-order chi connectivity index (χ1) is 20.2. The lowest BCUT2D eigenvalue weighted by molar-refractivity contribution is 0.414. The number of rotatable bonds is 10. The molecular weight excluding hydrogens is 569 g/mol. The average molecular weight is 599 g/mol. The van der Waals surface area contributed by atoms with Crippen LogP contribution in [0.4, 0.5) is 0 Å². The molecule has 5 aromatic carbocycles. The van der Waals surface area contributed by atoms with Crippen LogP contribution in [0.15, 0.2) is 131 Å². The molecule has 0 unspecified atom stereocenters. The fourth-order valence-corrected chi connectivity index (χ4v) is 7.31. The maximum absolute atomic E-state index is 12.9. The van der Waals surface area contributed by atoms with E-state index in [0.29, 0.717) is 22.6 Å². The second-order valence-corrected chi connectivity index (χ2v) is 13.8. The maximum Gasteiger partial charge on any atom is 0.182 e. The second-order valence-electron chi connectivity index (χ2n) is 9.84.